The largest absolute Gasteiger partial charge is 0.356 e. The smallest absolute Gasteiger partial charge is 0.162 e. The van der Waals surface area contributed by atoms with E-state index in [1.807, 2.05) is 42.5 Å². The number of aromatic nitrogens is 2. The maximum atomic E-state index is 6.02. The summed E-state index contributed by atoms with van der Waals surface area (Å²) >= 11 is 7.67. The summed E-state index contributed by atoms with van der Waals surface area (Å²) in [7, 11) is 0. The zero-order valence-corrected chi connectivity index (χ0v) is 16.7. The van der Waals surface area contributed by atoms with Gasteiger partial charge in [0.25, 0.3) is 0 Å². The number of benzene rings is 2. The van der Waals surface area contributed by atoms with Crippen LogP contribution in [0, 0.1) is 0 Å². The number of anilines is 1. The van der Waals surface area contributed by atoms with Gasteiger partial charge in [0.05, 0.1) is 0 Å². The number of rotatable bonds is 4. The Morgan fingerprint density at radius 2 is 1.52 bits per heavy atom. The van der Waals surface area contributed by atoms with Gasteiger partial charge in [-0.1, -0.05) is 66.5 Å². The molecule has 1 aliphatic heterocycles. The minimum Gasteiger partial charge on any atom is -0.356 e. The lowest BCUT2D eigenvalue weighted by Gasteiger charge is -2.22. The van der Waals surface area contributed by atoms with Gasteiger partial charge in [0.2, 0.25) is 0 Å². The van der Waals surface area contributed by atoms with Crippen molar-refractivity contribution in [3.8, 4) is 11.4 Å². The summed E-state index contributed by atoms with van der Waals surface area (Å²) in [4.78, 5) is 13.3. The van der Waals surface area contributed by atoms with E-state index in [9.17, 15) is 0 Å². The van der Waals surface area contributed by atoms with Crippen molar-refractivity contribution in [1.82, 2.24) is 9.97 Å². The summed E-state index contributed by atoms with van der Waals surface area (Å²) in [6.07, 6.45) is 5.06. The summed E-state index contributed by atoms with van der Waals surface area (Å²) in [5, 5.41) is 1.71. The van der Waals surface area contributed by atoms with E-state index in [1.165, 1.54) is 25.7 Å². The Morgan fingerprint density at radius 3 is 2.22 bits per heavy atom. The number of halogens is 1. The van der Waals surface area contributed by atoms with Gasteiger partial charge in [-0.15, -0.1) is 0 Å². The van der Waals surface area contributed by atoms with Gasteiger partial charge in [-0.25, -0.2) is 9.97 Å². The van der Waals surface area contributed by atoms with Crippen LogP contribution in [0.2, 0.25) is 5.02 Å². The molecule has 4 rings (SSSR count). The lowest BCUT2D eigenvalue weighted by Crippen LogP contribution is -2.25. The van der Waals surface area contributed by atoms with Crippen LogP contribution in [0.25, 0.3) is 11.4 Å². The van der Waals surface area contributed by atoms with Crippen LogP contribution >= 0.6 is 23.4 Å². The Kier molecular flexibility index (Phi) is 5.95. The standard InChI is InChI=1S/C22H22ClN3S/c23-18-10-12-19(13-11-18)27-21-16-20(26-14-6-1-2-7-15-26)24-22(25-21)17-8-4-3-5-9-17/h3-5,8-13,16H,1-2,6-7,14-15H2. The fraction of sp³-hybridized carbons (Fsp3) is 0.273. The van der Waals surface area contributed by atoms with Gasteiger partial charge in [-0.3, -0.25) is 0 Å². The van der Waals surface area contributed by atoms with Crippen molar-refractivity contribution < 1.29 is 0 Å². The molecule has 0 atom stereocenters. The molecule has 2 aromatic carbocycles. The van der Waals surface area contributed by atoms with E-state index in [0.717, 1.165) is 45.2 Å². The first-order valence-electron chi connectivity index (χ1n) is 9.41. The predicted octanol–water partition coefficient (Wildman–Crippen LogP) is 6.33. The zero-order chi connectivity index (χ0) is 18.5. The second-order valence-corrected chi connectivity index (χ2v) is 8.24. The molecule has 27 heavy (non-hydrogen) atoms. The average molecular weight is 396 g/mol. The zero-order valence-electron chi connectivity index (χ0n) is 15.1. The molecular formula is C22H22ClN3S. The van der Waals surface area contributed by atoms with E-state index in [0.29, 0.717) is 0 Å². The topological polar surface area (TPSA) is 29.0 Å². The number of hydrogen-bond acceptors (Lipinski definition) is 4. The molecule has 3 aromatic rings. The van der Waals surface area contributed by atoms with Gasteiger partial charge in [0.15, 0.2) is 5.82 Å². The van der Waals surface area contributed by atoms with Crippen LogP contribution in [0.5, 0.6) is 0 Å². The molecular weight excluding hydrogens is 374 g/mol. The molecule has 1 aliphatic rings. The molecule has 5 heteroatoms. The van der Waals surface area contributed by atoms with Gasteiger partial charge in [-0.05, 0) is 37.1 Å². The minimum atomic E-state index is 0.747. The fourth-order valence-corrected chi connectivity index (χ4v) is 4.20. The van der Waals surface area contributed by atoms with Crippen molar-refractivity contribution in [1.29, 1.82) is 0 Å². The van der Waals surface area contributed by atoms with Gasteiger partial charge in [0, 0.05) is 34.6 Å². The molecule has 3 nitrogen and oxygen atoms in total. The van der Waals surface area contributed by atoms with Crippen LogP contribution in [0.15, 0.2) is 70.6 Å². The highest BCUT2D eigenvalue weighted by molar-refractivity contribution is 7.99. The Bertz CT molecular complexity index is 876. The quantitative estimate of drug-likeness (QED) is 0.482. The summed E-state index contributed by atoms with van der Waals surface area (Å²) in [5.74, 6) is 1.82. The monoisotopic (exact) mass is 395 g/mol. The molecule has 1 fully saturated rings. The molecule has 0 spiro atoms. The maximum absolute atomic E-state index is 6.02. The maximum Gasteiger partial charge on any atom is 0.162 e. The Labute approximate surface area is 169 Å². The third-order valence-electron chi connectivity index (χ3n) is 4.69. The van der Waals surface area contributed by atoms with Crippen LogP contribution in [0.1, 0.15) is 25.7 Å². The highest BCUT2D eigenvalue weighted by Gasteiger charge is 2.15. The van der Waals surface area contributed by atoms with Gasteiger partial charge in [0.1, 0.15) is 10.8 Å². The van der Waals surface area contributed by atoms with Crippen molar-refractivity contribution in [3.05, 3.63) is 65.7 Å². The summed E-state index contributed by atoms with van der Waals surface area (Å²) in [6, 6.07) is 20.2. The van der Waals surface area contributed by atoms with E-state index >= 15 is 0 Å². The molecule has 0 amide bonds. The van der Waals surface area contributed by atoms with E-state index < -0.39 is 0 Å². The molecule has 0 radical (unpaired) electrons. The molecule has 1 aromatic heterocycles. The Hall–Kier alpha value is -2.04. The summed E-state index contributed by atoms with van der Waals surface area (Å²) < 4.78 is 0. The van der Waals surface area contributed by atoms with Crippen LogP contribution in [0.4, 0.5) is 5.82 Å². The van der Waals surface area contributed by atoms with E-state index in [2.05, 4.69) is 23.1 Å². The van der Waals surface area contributed by atoms with E-state index in [-0.39, 0.29) is 0 Å². The first-order valence-corrected chi connectivity index (χ1v) is 10.6. The molecule has 0 aliphatic carbocycles. The van der Waals surface area contributed by atoms with Gasteiger partial charge in [-0.2, -0.15) is 0 Å². The fourth-order valence-electron chi connectivity index (χ4n) is 3.27. The van der Waals surface area contributed by atoms with Crippen molar-refractivity contribution in [3.63, 3.8) is 0 Å². The normalized spacial score (nSPS) is 14.8. The Morgan fingerprint density at radius 1 is 0.815 bits per heavy atom. The summed E-state index contributed by atoms with van der Waals surface area (Å²) in [5.41, 5.74) is 1.05. The highest BCUT2D eigenvalue weighted by Crippen LogP contribution is 2.31. The first-order chi connectivity index (χ1) is 13.3. The predicted molar refractivity (Wildman–Crippen MR) is 114 cm³/mol. The molecule has 0 unspecified atom stereocenters. The molecule has 2 heterocycles. The third-order valence-corrected chi connectivity index (χ3v) is 5.87. The van der Waals surface area contributed by atoms with Crippen molar-refractivity contribution in [2.45, 2.75) is 35.6 Å². The van der Waals surface area contributed by atoms with Crippen molar-refractivity contribution >= 4 is 29.2 Å². The van der Waals surface area contributed by atoms with Crippen molar-refractivity contribution in [2.24, 2.45) is 0 Å². The van der Waals surface area contributed by atoms with Crippen LogP contribution < -0.4 is 4.90 Å². The highest BCUT2D eigenvalue weighted by atomic mass is 35.5. The van der Waals surface area contributed by atoms with Gasteiger partial charge >= 0.3 is 0 Å². The molecule has 0 saturated carbocycles. The minimum absolute atomic E-state index is 0.747. The number of hydrogen-bond donors (Lipinski definition) is 0. The Balaban J connectivity index is 1.70. The average Bonchev–Trinajstić information content (AvgIpc) is 3.00. The lowest BCUT2D eigenvalue weighted by atomic mass is 10.2. The molecule has 0 bridgehead atoms. The second-order valence-electron chi connectivity index (χ2n) is 6.71. The first kappa shape index (κ1) is 18.3. The second kappa shape index (κ2) is 8.77. The molecule has 1 saturated heterocycles. The molecule has 138 valence electrons. The van der Waals surface area contributed by atoms with Gasteiger partial charge < -0.3 is 4.90 Å². The summed E-state index contributed by atoms with van der Waals surface area (Å²) in [6.45, 7) is 2.13. The van der Waals surface area contributed by atoms with Crippen molar-refractivity contribution in [2.75, 3.05) is 18.0 Å². The van der Waals surface area contributed by atoms with Crippen LogP contribution in [-0.2, 0) is 0 Å². The van der Waals surface area contributed by atoms with Crippen LogP contribution in [-0.4, -0.2) is 23.1 Å². The lowest BCUT2D eigenvalue weighted by molar-refractivity contribution is 0.726. The third kappa shape index (κ3) is 4.82. The van der Waals surface area contributed by atoms with Crippen LogP contribution in [0.3, 0.4) is 0 Å². The molecule has 0 N–H and O–H groups in total. The SMILES string of the molecule is Clc1ccc(Sc2cc(N3CCCCCC3)nc(-c3ccccc3)n2)cc1. The van der Waals surface area contributed by atoms with E-state index in [4.69, 9.17) is 21.6 Å². The number of nitrogens with zero attached hydrogens (tertiary/aromatic N) is 3. The van der Waals surface area contributed by atoms with E-state index in [1.54, 1.807) is 11.8 Å².